The van der Waals surface area contributed by atoms with E-state index < -0.39 is 5.97 Å². The summed E-state index contributed by atoms with van der Waals surface area (Å²) >= 11 is 0. The van der Waals surface area contributed by atoms with Crippen molar-refractivity contribution in [3.8, 4) is 0 Å². The lowest BCUT2D eigenvalue weighted by Gasteiger charge is -2.09. The molecule has 0 atom stereocenters. The molecular weight excluding hydrogens is 600 g/mol. The van der Waals surface area contributed by atoms with Crippen LogP contribution in [0.3, 0.4) is 0 Å². The summed E-state index contributed by atoms with van der Waals surface area (Å²) in [6.07, 6.45) is 2.23. The number of carboxylic acids is 1. The van der Waals surface area contributed by atoms with E-state index in [1.807, 2.05) is 0 Å². The van der Waals surface area contributed by atoms with Gasteiger partial charge in [-0.2, -0.15) is 0 Å². The zero-order chi connectivity index (χ0) is 32.6. The molecule has 0 aromatic rings. The smallest absolute Gasteiger partial charge is 0.329 e. The Hall–Kier alpha value is -1.05. The van der Waals surface area contributed by atoms with Crippen molar-refractivity contribution in [1.29, 1.82) is 0 Å². The fourth-order valence-electron chi connectivity index (χ4n) is 3.04. The zero-order valence-corrected chi connectivity index (χ0v) is 27.5. The van der Waals surface area contributed by atoms with Crippen LogP contribution in [0, 0.1) is 0 Å². The van der Waals surface area contributed by atoms with Crippen LogP contribution in [-0.4, -0.2) is 183 Å². The van der Waals surface area contributed by atoms with Crippen molar-refractivity contribution in [1.82, 2.24) is 0 Å². The van der Waals surface area contributed by atoms with Gasteiger partial charge in [-0.05, 0) is 6.42 Å². The first-order valence-electron chi connectivity index (χ1n) is 16.0. The summed E-state index contributed by atoms with van der Waals surface area (Å²) in [5.74, 6) is -0.996. The maximum Gasteiger partial charge on any atom is 0.329 e. The Morgan fingerprint density at radius 1 is 0.333 bits per heavy atom. The van der Waals surface area contributed by atoms with Gasteiger partial charge in [0.2, 0.25) is 0 Å². The molecule has 270 valence electrons. The van der Waals surface area contributed by atoms with E-state index in [1.54, 1.807) is 0 Å². The molecule has 0 rings (SSSR count). The van der Waals surface area contributed by atoms with Crippen LogP contribution in [0.25, 0.3) is 0 Å². The van der Waals surface area contributed by atoms with Crippen LogP contribution in [0.2, 0.25) is 0 Å². The Morgan fingerprint density at radius 3 is 0.689 bits per heavy atom. The Kier molecular flexibility index (Phi) is 40.0. The van der Waals surface area contributed by atoms with E-state index in [0.29, 0.717) is 152 Å². The molecular formula is C30H60O15. The fraction of sp³-hybridized carbons (Fsp3) is 0.967. The van der Waals surface area contributed by atoms with Gasteiger partial charge in [0, 0.05) is 6.61 Å². The Bertz CT molecular complexity index is 559. The van der Waals surface area contributed by atoms with Crippen molar-refractivity contribution in [2.75, 3.05) is 172 Å². The third-order valence-electron chi connectivity index (χ3n) is 5.33. The van der Waals surface area contributed by atoms with Crippen LogP contribution in [-0.2, 0) is 66.4 Å². The van der Waals surface area contributed by atoms with Crippen LogP contribution in [0.15, 0.2) is 0 Å². The number of hydrogen-bond acceptors (Lipinski definition) is 14. The highest BCUT2D eigenvalue weighted by Crippen LogP contribution is 1.89. The zero-order valence-electron chi connectivity index (χ0n) is 27.5. The Morgan fingerprint density at radius 2 is 0.511 bits per heavy atom. The number of carboxylic acid groups (broad SMARTS) is 1. The largest absolute Gasteiger partial charge is 0.480 e. The molecule has 15 heteroatoms. The number of rotatable bonds is 41. The monoisotopic (exact) mass is 660 g/mol. The van der Waals surface area contributed by atoms with Gasteiger partial charge in [0.1, 0.15) is 6.61 Å². The topological polar surface area (TPSA) is 157 Å². The van der Waals surface area contributed by atoms with Crippen molar-refractivity contribution in [2.24, 2.45) is 0 Å². The van der Waals surface area contributed by atoms with E-state index in [-0.39, 0.29) is 13.2 Å². The summed E-state index contributed by atoms with van der Waals surface area (Å²) in [5, 5.41) is 8.42. The second kappa shape index (κ2) is 41.0. The van der Waals surface area contributed by atoms with E-state index in [0.717, 1.165) is 19.4 Å². The molecule has 0 aromatic carbocycles. The first-order chi connectivity index (χ1) is 22.3. The average molecular weight is 661 g/mol. The number of ether oxygens (including phenoxy) is 13. The number of unbranched alkanes of at least 4 members (excludes halogenated alkanes) is 1. The van der Waals surface area contributed by atoms with E-state index >= 15 is 0 Å². The molecule has 1 N–H and O–H groups in total. The number of carbonyl (C=O) groups is 1. The molecule has 0 radical (unpaired) electrons. The first kappa shape index (κ1) is 43.9. The highest BCUT2D eigenvalue weighted by molar-refractivity contribution is 5.67. The molecule has 0 saturated carbocycles. The minimum Gasteiger partial charge on any atom is -0.480 e. The lowest BCUT2D eigenvalue weighted by atomic mass is 10.4. The van der Waals surface area contributed by atoms with Gasteiger partial charge in [0.15, 0.2) is 0 Å². The molecule has 0 bridgehead atoms. The molecule has 0 fully saturated rings. The molecule has 0 aromatic heterocycles. The van der Waals surface area contributed by atoms with Gasteiger partial charge in [-0.15, -0.1) is 0 Å². The summed E-state index contributed by atoms with van der Waals surface area (Å²) in [6, 6.07) is 0. The molecule has 15 nitrogen and oxygen atoms in total. The predicted molar refractivity (Wildman–Crippen MR) is 163 cm³/mol. The minimum atomic E-state index is -0.996. The van der Waals surface area contributed by atoms with E-state index in [1.165, 1.54) is 0 Å². The SMILES string of the molecule is CCCCOCCOCCOCCOCCOCCOCCOCCOCCOCCOCCOCCOCCOCC(=O)O. The van der Waals surface area contributed by atoms with Gasteiger partial charge in [-0.3, -0.25) is 0 Å². The first-order valence-corrected chi connectivity index (χ1v) is 16.0. The molecule has 0 heterocycles. The van der Waals surface area contributed by atoms with E-state index in [4.69, 9.17) is 66.7 Å². The third kappa shape index (κ3) is 43.0. The maximum absolute atomic E-state index is 10.3. The van der Waals surface area contributed by atoms with Crippen molar-refractivity contribution in [2.45, 2.75) is 19.8 Å². The van der Waals surface area contributed by atoms with Crippen LogP contribution in [0.1, 0.15) is 19.8 Å². The van der Waals surface area contributed by atoms with Gasteiger partial charge in [0.25, 0.3) is 0 Å². The van der Waals surface area contributed by atoms with Crippen molar-refractivity contribution < 1.29 is 71.5 Å². The number of hydrogen-bond donors (Lipinski definition) is 1. The van der Waals surface area contributed by atoms with Crippen molar-refractivity contribution in [3.63, 3.8) is 0 Å². The van der Waals surface area contributed by atoms with Crippen LogP contribution >= 0.6 is 0 Å². The molecule has 0 spiro atoms. The fourth-order valence-corrected chi connectivity index (χ4v) is 3.04. The third-order valence-corrected chi connectivity index (χ3v) is 5.33. The lowest BCUT2D eigenvalue weighted by Crippen LogP contribution is -2.15. The molecule has 45 heavy (non-hydrogen) atoms. The highest BCUT2D eigenvalue weighted by atomic mass is 16.6. The Balaban J connectivity index is 3.04. The summed E-state index contributed by atoms with van der Waals surface area (Å²) in [4.78, 5) is 10.3. The minimum absolute atomic E-state index is 0.241. The van der Waals surface area contributed by atoms with Gasteiger partial charge < -0.3 is 66.7 Å². The summed E-state index contributed by atoms with van der Waals surface area (Å²) < 4.78 is 69.9. The van der Waals surface area contributed by atoms with Crippen LogP contribution in [0.4, 0.5) is 0 Å². The van der Waals surface area contributed by atoms with Gasteiger partial charge in [-0.25, -0.2) is 4.79 Å². The number of aliphatic carboxylic acids is 1. The molecule has 0 saturated heterocycles. The molecule has 0 aliphatic rings. The summed E-state index contributed by atoms with van der Waals surface area (Å²) in [6.45, 7) is 14.3. The van der Waals surface area contributed by atoms with Crippen molar-refractivity contribution >= 4 is 5.97 Å². The molecule has 0 aliphatic carbocycles. The summed E-state index contributed by atoms with van der Waals surface area (Å²) in [7, 11) is 0. The molecule has 0 unspecified atom stereocenters. The second-order valence-corrected chi connectivity index (χ2v) is 9.15. The predicted octanol–water partition coefficient (Wildman–Crippen LogP) is 1.09. The highest BCUT2D eigenvalue weighted by Gasteiger charge is 1.98. The average Bonchev–Trinajstić information content (AvgIpc) is 3.03. The maximum atomic E-state index is 10.3. The lowest BCUT2D eigenvalue weighted by molar-refractivity contribution is -0.142. The normalized spacial score (nSPS) is 11.5. The van der Waals surface area contributed by atoms with Crippen LogP contribution < -0.4 is 0 Å². The quantitative estimate of drug-likeness (QED) is 0.0929. The van der Waals surface area contributed by atoms with E-state index in [9.17, 15) is 4.79 Å². The summed E-state index contributed by atoms with van der Waals surface area (Å²) in [5.41, 5.74) is 0. The second-order valence-electron chi connectivity index (χ2n) is 9.15. The van der Waals surface area contributed by atoms with Gasteiger partial charge in [-0.1, -0.05) is 13.3 Å². The molecule has 0 aliphatic heterocycles. The molecule has 0 amide bonds. The Labute approximate surface area is 269 Å². The van der Waals surface area contributed by atoms with E-state index in [2.05, 4.69) is 6.92 Å². The van der Waals surface area contributed by atoms with Crippen LogP contribution in [0.5, 0.6) is 0 Å². The van der Waals surface area contributed by atoms with Gasteiger partial charge >= 0.3 is 5.97 Å². The van der Waals surface area contributed by atoms with Gasteiger partial charge in [0.05, 0.1) is 159 Å². The standard InChI is InChI=1S/C30H60O15/c1-2-3-4-33-5-6-34-7-8-35-9-10-36-11-12-37-13-14-38-15-16-39-17-18-40-19-20-41-21-22-42-23-24-43-25-26-44-27-28-45-29-30(31)32/h2-29H2,1H3,(H,31,32). The van der Waals surface area contributed by atoms with Crippen molar-refractivity contribution in [3.05, 3.63) is 0 Å².